The van der Waals surface area contributed by atoms with Crippen molar-refractivity contribution in [3.05, 3.63) is 64.7 Å². The Morgan fingerprint density at radius 1 is 1.10 bits per heavy atom. The molecule has 2 aromatic rings. The van der Waals surface area contributed by atoms with Crippen LogP contribution < -0.4 is 5.32 Å². The second kappa shape index (κ2) is 10.9. The van der Waals surface area contributed by atoms with Gasteiger partial charge >= 0.3 is 0 Å². The van der Waals surface area contributed by atoms with Gasteiger partial charge in [0, 0.05) is 22.5 Å². The van der Waals surface area contributed by atoms with Gasteiger partial charge in [0.1, 0.15) is 6.04 Å². The Hall–Kier alpha value is -1.98. The Bertz CT molecular complexity index is 849. The molecule has 1 aliphatic rings. The van der Waals surface area contributed by atoms with Crippen molar-refractivity contribution in [3.63, 3.8) is 0 Å². The molecule has 0 aromatic heterocycles. The molecule has 1 fully saturated rings. The lowest BCUT2D eigenvalue weighted by Gasteiger charge is -2.29. The van der Waals surface area contributed by atoms with E-state index >= 15 is 0 Å². The third-order valence-electron chi connectivity index (χ3n) is 5.52. The maximum absolute atomic E-state index is 13.1. The summed E-state index contributed by atoms with van der Waals surface area (Å²) in [6.45, 7) is 4.23. The number of amides is 2. The summed E-state index contributed by atoms with van der Waals surface area (Å²) in [6, 6.07) is 15.2. The summed E-state index contributed by atoms with van der Waals surface area (Å²) in [6.07, 6.45) is 4.35. The molecule has 1 aliphatic carbocycles. The predicted octanol–water partition coefficient (Wildman–Crippen LogP) is 5.22. The van der Waals surface area contributed by atoms with E-state index < -0.39 is 6.04 Å². The highest BCUT2D eigenvalue weighted by atomic mass is 35.5. The Morgan fingerprint density at radius 3 is 2.37 bits per heavy atom. The normalized spacial score (nSPS) is 15.0. The van der Waals surface area contributed by atoms with E-state index in [4.69, 9.17) is 11.6 Å². The van der Waals surface area contributed by atoms with Crippen LogP contribution in [0, 0.1) is 6.92 Å². The molecule has 0 bridgehead atoms. The van der Waals surface area contributed by atoms with Crippen LogP contribution in [-0.4, -0.2) is 34.6 Å². The van der Waals surface area contributed by atoms with Gasteiger partial charge in [-0.25, -0.2) is 0 Å². The van der Waals surface area contributed by atoms with Gasteiger partial charge in [0.05, 0.1) is 5.75 Å². The number of nitrogens with zero attached hydrogens (tertiary/aromatic N) is 1. The molecular weight excluding hydrogens is 416 g/mol. The van der Waals surface area contributed by atoms with Crippen LogP contribution in [0.3, 0.4) is 0 Å². The summed E-state index contributed by atoms with van der Waals surface area (Å²) in [5.74, 6) is 0.159. The minimum absolute atomic E-state index is 0.0513. The largest absolute Gasteiger partial charge is 0.352 e. The first-order chi connectivity index (χ1) is 14.4. The third kappa shape index (κ3) is 6.51. The van der Waals surface area contributed by atoms with Crippen molar-refractivity contribution >= 4 is 35.2 Å². The van der Waals surface area contributed by atoms with E-state index in [1.54, 1.807) is 4.90 Å². The van der Waals surface area contributed by atoms with Crippen LogP contribution in [0.5, 0.6) is 0 Å². The number of rotatable bonds is 8. The standard InChI is InChI=1S/C24H29ClN2O2S/c1-17-7-13-22(14-8-17)30-16-23(28)27(15-19-9-11-20(25)12-10-19)18(2)24(29)26-21-5-3-4-6-21/h7-14,18,21H,3-6,15-16H2,1-2H3,(H,26,29)/t18-/m0/s1. The summed E-state index contributed by atoms with van der Waals surface area (Å²) in [4.78, 5) is 28.7. The molecule has 0 heterocycles. The first-order valence-electron chi connectivity index (χ1n) is 10.5. The second-order valence-electron chi connectivity index (χ2n) is 7.92. The molecule has 30 heavy (non-hydrogen) atoms. The number of thioether (sulfide) groups is 1. The van der Waals surface area contributed by atoms with Crippen LogP contribution in [-0.2, 0) is 16.1 Å². The number of carbonyl (C=O) groups excluding carboxylic acids is 2. The molecule has 2 amide bonds. The van der Waals surface area contributed by atoms with Crippen LogP contribution in [0.1, 0.15) is 43.7 Å². The van der Waals surface area contributed by atoms with Crippen LogP contribution in [0.25, 0.3) is 0 Å². The fourth-order valence-corrected chi connectivity index (χ4v) is 4.53. The first-order valence-corrected chi connectivity index (χ1v) is 11.8. The predicted molar refractivity (Wildman–Crippen MR) is 124 cm³/mol. The molecule has 4 nitrogen and oxygen atoms in total. The highest BCUT2D eigenvalue weighted by molar-refractivity contribution is 8.00. The maximum Gasteiger partial charge on any atom is 0.242 e. The molecule has 1 saturated carbocycles. The number of aryl methyl sites for hydroxylation is 1. The van der Waals surface area contributed by atoms with E-state index in [2.05, 4.69) is 5.32 Å². The van der Waals surface area contributed by atoms with Crippen molar-refractivity contribution in [2.45, 2.75) is 63.1 Å². The fraction of sp³-hybridized carbons (Fsp3) is 0.417. The lowest BCUT2D eigenvalue weighted by Crippen LogP contribution is -2.50. The van der Waals surface area contributed by atoms with E-state index in [9.17, 15) is 9.59 Å². The highest BCUT2D eigenvalue weighted by Gasteiger charge is 2.28. The smallest absolute Gasteiger partial charge is 0.242 e. The lowest BCUT2D eigenvalue weighted by molar-refractivity contribution is -0.138. The molecule has 160 valence electrons. The summed E-state index contributed by atoms with van der Waals surface area (Å²) in [7, 11) is 0. The van der Waals surface area contributed by atoms with Crippen molar-refractivity contribution in [1.82, 2.24) is 10.2 Å². The molecule has 2 aromatic carbocycles. The van der Waals surface area contributed by atoms with Gasteiger partial charge in [0.25, 0.3) is 0 Å². The van der Waals surface area contributed by atoms with Gasteiger partial charge in [-0.1, -0.05) is 54.3 Å². The Kier molecular flexibility index (Phi) is 8.23. The van der Waals surface area contributed by atoms with E-state index in [-0.39, 0.29) is 23.6 Å². The summed E-state index contributed by atoms with van der Waals surface area (Å²) < 4.78 is 0. The Labute approximate surface area is 188 Å². The number of nitrogens with one attached hydrogen (secondary N) is 1. The summed E-state index contributed by atoms with van der Waals surface area (Å²) in [5.41, 5.74) is 2.14. The van der Waals surface area contributed by atoms with E-state index in [0.717, 1.165) is 36.1 Å². The second-order valence-corrected chi connectivity index (χ2v) is 9.40. The van der Waals surface area contributed by atoms with Gasteiger partial charge in [0.2, 0.25) is 11.8 Å². The van der Waals surface area contributed by atoms with Crippen molar-refractivity contribution < 1.29 is 9.59 Å². The molecule has 0 aliphatic heterocycles. The zero-order chi connectivity index (χ0) is 21.5. The number of carbonyl (C=O) groups is 2. The molecular formula is C24H29ClN2O2S. The average molecular weight is 445 g/mol. The van der Waals surface area contributed by atoms with E-state index in [1.165, 1.54) is 17.3 Å². The van der Waals surface area contributed by atoms with Gasteiger partial charge in [-0.15, -0.1) is 11.8 Å². The molecule has 1 N–H and O–H groups in total. The molecule has 0 unspecified atom stereocenters. The van der Waals surface area contributed by atoms with E-state index in [1.807, 2.05) is 62.4 Å². The lowest BCUT2D eigenvalue weighted by atomic mass is 10.1. The molecule has 0 radical (unpaired) electrons. The molecule has 3 rings (SSSR count). The molecule has 0 spiro atoms. The van der Waals surface area contributed by atoms with Crippen LogP contribution in [0.15, 0.2) is 53.4 Å². The Morgan fingerprint density at radius 2 is 1.73 bits per heavy atom. The van der Waals surface area contributed by atoms with Gasteiger partial charge in [0.15, 0.2) is 0 Å². The monoisotopic (exact) mass is 444 g/mol. The third-order valence-corrected chi connectivity index (χ3v) is 6.77. The maximum atomic E-state index is 13.1. The summed E-state index contributed by atoms with van der Waals surface area (Å²) >= 11 is 7.50. The van der Waals surface area contributed by atoms with Crippen molar-refractivity contribution in [2.24, 2.45) is 0 Å². The number of hydrogen-bond acceptors (Lipinski definition) is 3. The topological polar surface area (TPSA) is 49.4 Å². The van der Waals surface area contributed by atoms with Crippen molar-refractivity contribution in [2.75, 3.05) is 5.75 Å². The summed E-state index contributed by atoms with van der Waals surface area (Å²) in [5, 5.41) is 3.78. The van der Waals surface area contributed by atoms with Gasteiger partial charge in [-0.3, -0.25) is 9.59 Å². The zero-order valence-electron chi connectivity index (χ0n) is 17.6. The van der Waals surface area contributed by atoms with Gasteiger partial charge < -0.3 is 10.2 Å². The highest BCUT2D eigenvalue weighted by Crippen LogP contribution is 2.22. The van der Waals surface area contributed by atoms with Crippen molar-refractivity contribution in [3.8, 4) is 0 Å². The van der Waals surface area contributed by atoms with E-state index in [0.29, 0.717) is 11.6 Å². The average Bonchev–Trinajstić information content (AvgIpc) is 3.25. The minimum Gasteiger partial charge on any atom is -0.352 e. The van der Waals surface area contributed by atoms with Crippen LogP contribution in [0.2, 0.25) is 5.02 Å². The molecule has 6 heteroatoms. The minimum atomic E-state index is -0.535. The van der Waals surface area contributed by atoms with Crippen LogP contribution in [0.4, 0.5) is 0 Å². The number of hydrogen-bond donors (Lipinski definition) is 1. The molecule has 1 atom stereocenters. The van der Waals surface area contributed by atoms with Gasteiger partial charge in [-0.05, 0) is 56.5 Å². The van der Waals surface area contributed by atoms with Crippen LogP contribution >= 0.6 is 23.4 Å². The molecule has 0 saturated heterocycles. The first kappa shape index (κ1) is 22.7. The van der Waals surface area contributed by atoms with Gasteiger partial charge in [-0.2, -0.15) is 0 Å². The van der Waals surface area contributed by atoms with Crippen molar-refractivity contribution in [1.29, 1.82) is 0 Å². The fourth-order valence-electron chi connectivity index (χ4n) is 3.62. The zero-order valence-corrected chi connectivity index (χ0v) is 19.1. The number of benzene rings is 2. The number of halogens is 1. The quantitative estimate of drug-likeness (QED) is 0.568. The Balaban J connectivity index is 1.69. The SMILES string of the molecule is Cc1ccc(SCC(=O)N(Cc2ccc(Cl)cc2)[C@@H](C)C(=O)NC2CCCC2)cc1.